The summed E-state index contributed by atoms with van der Waals surface area (Å²) in [6.45, 7) is 0. The first-order valence-corrected chi connectivity index (χ1v) is 6.24. The van der Waals surface area contributed by atoms with E-state index in [2.05, 4.69) is 10.1 Å². The number of carbonyl (C=O) groups excluding carboxylic acids is 2. The monoisotopic (exact) mass is 289 g/mol. The number of halogens is 1. The molecule has 102 valence electrons. The van der Waals surface area contributed by atoms with Crippen LogP contribution < -0.4 is 5.32 Å². The van der Waals surface area contributed by atoms with Crippen molar-refractivity contribution in [2.75, 3.05) is 12.4 Å². The van der Waals surface area contributed by atoms with Gasteiger partial charge in [0.2, 0.25) is 0 Å². The van der Waals surface area contributed by atoms with Gasteiger partial charge in [-0.3, -0.25) is 4.79 Å². The molecule has 2 aromatic carbocycles. The van der Waals surface area contributed by atoms with Gasteiger partial charge in [-0.25, -0.2) is 4.79 Å². The quantitative estimate of drug-likeness (QED) is 0.881. The molecule has 0 bridgehead atoms. The Hall–Kier alpha value is -2.33. The fourth-order valence-electron chi connectivity index (χ4n) is 1.73. The molecule has 0 fully saturated rings. The third-order valence-corrected chi connectivity index (χ3v) is 2.89. The van der Waals surface area contributed by atoms with Crippen LogP contribution in [0.4, 0.5) is 5.69 Å². The summed E-state index contributed by atoms with van der Waals surface area (Å²) in [5, 5.41) is 3.20. The minimum absolute atomic E-state index is 0.217. The minimum Gasteiger partial charge on any atom is -0.465 e. The van der Waals surface area contributed by atoms with E-state index in [0.29, 0.717) is 10.7 Å². The highest BCUT2D eigenvalue weighted by molar-refractivity contribution is 6.31. The number of amides is 1. The van der Waals surface area contributed by atoms with Gasteiger partial charge in [-0.2, -0.15) is 0 Å². The molecule has 20 heavy (non-hydrogen) atoms. The second-order valence-electron chi connectivity index (χ2n) is 4.00. The van der Waals surface area contributed by atoms with E-state index in [-0.39, 0.29) is 11.1 Å². The fourth-order valence-corrected chi connectivity index (χ4v) is 1.92. The van der Waals surface area contributed by atoms with Crippen LogP contribution in [0.25, 0.3) is 0 Å². The second-order valence-corrected chi connectivity index (χ2v) is 4.44. The number of nitrogens with one attached hydrogen (secondary N) is 1. The molecule has 0 radical (unpaired) electrons. The van der Waals surface area contributed by atoms with Gasteiger partial charge in [0.1, 0.15) is 0 Å². The first-order chi connectivity index (χ1) is 9.61. The molecular formula is C15H12ClNO3. The fraction of sp³-hybridized carbons (Fsp3) is 0.0667. The molecule has 0 spiro atoms. The molecule has 1 N–H and O–H groups in total. The van der Waals surface area contributed by atoms with Crippen LogP contribution in [0.2, 0.25) is 5.02 Å². The summed E-state index contributed by atoms with van der Waals surface area (Å²) in [5.41, 5.74) is 1.02. The maximum absolute atomic E-state index is 12.2. The smallest absolute Gasteiger partial charge is 0.338 e. The normalized spacial score (nSPS) is 9.90. The van der Waals surface area contributed by atoms with Gasteiger partial charge in [-0.15, -0.1) is 0 Å². The molecule has 0 atom stereocenters. The first-order valence-electron chi connectivity index (χ1n) is 5.86. The third kappa shape index (κ3) is 3.16. The largest absolute Gasteiger partial charge is 0.465 e. The van der Waals surface area contributed by atoms with Crippen molar-refractivity contribution in [1.82, 2.24) is 0 Å². The zero-order valence-electron chi connectivity index (χ0n) is 10.7. The van der Waals surface area contributed by atoms with Crippen LogP contribution >= 0.6 is 11.6 Å². The van der Waals surface area contributed by atoms with Crippen LogP contribution in [0.15, 0.2) is 48.5 Å². The Morgan fingerprint density at radius 1 is 1.05 bits per heavy atom. The molecule has 0 unspecified atom stereocenters. The summed E-state index contributed by atoms with van der Waals surface area (Å²) in [4.78, 5) is 23.8. The van der Waals surface area contributed by atoms with Crippen molar-refractivity contribution in [1.29, 1.82) is 0 Å². The van der Waals surface area contributed by atoms with E-state index in [1.807, 2.05) is 0 Å². The molecule has 0 aliphatic heterocycles. The Balaban J connectivity index is 2.28. The van der Waals surface area contributed by atoms with E-state index < -0.39 is 11.9 Å². The van der Waals surface area contributed by atoms with Gasteiger partial charge in [-0.05, 0) is 30.3 Å². The molecule has 0 aromatic heterocycles. The minimum atomic E-state index is -0.554. The van der Waals surface area contributed by atoms with E-state index in [9.17, 15) is 9.59 Å². The van der Waals surface area contributed by atoms with Crippen molar-refractivity contribution < 1.29 is 14.3 Å². The number of esters is 1. The van der Waals surface area contributed by atoms with Gasteiger partial charge in [0.15, 0.2) is 0 Å². The zero-order valence-corrected chi connectivity index (χ0v) is 11.5. The van der Waals surface area contributed by atoms with E-state index in [1.165, 1.54) is 7.11 Å². The zero-order chi connectivity index (χ0) is 14.5. The Labute approximate surface area is 121 Å². The molecule has 0 saturated heterocycles. The van der Waals surface area contributed by atoms with Crippen molar-refractivity contribution in [3.63, 3.8) is 0 Å². The number of hydrogen-bond donors (Lipinski definition) is 1. The lowest BCUT2D eigenvalue weighted by Crippen LogP contribution is -2.17. The highest BCUT2D eigenvalue weighted by atomic mass is 35.5. The van der Waals surface area contributed by atoms with Crippen LogP contribution in [0.5, 0.6) is 0 Å². The number of hydrogen-bond acceptors (Lipinski definition) is 3. The molecule has 4 nitrogen and oxygen atoms in total. The first kappa shape index (κ1) is 14.1. The van der Waals surface area contributed by atoms with Gasteiger partial charge >= 0.3 is 5.97 Å². The van der Waals surface area contributed by atoms with E-state index in [1.54, 1.807) is 48.5 Å². The molecule has 2 aromatic rings. The molecule has 0 saturated carbocycles. The number of anilines is 1. The average Bonchev–Trinajstić information content (AvgIpc) is 2.46. The van der Waals surface area contributed by atoms with Crippen LogP contribution in [0.1, 0.15) is 20.7 Å². The SMILES string of the molecule is COC(=O)c1ccccc1C(=O)Nc1cccc(Cl)c1. The summed E-state index contributed by atoms with van der Waals surface area (Å²) >= 11 is 5.85. The van der Waals surface area contributed by atoms with E-state index in [4.69, 9.17) is 11.6 Å². The van der Waals surface area contributed by atoms with Crippen molar-refractivity contribution in [2.45, 2.75) is 0 Å². The lowest BCUT2D eigenvalue weighted by molar-refractivity contribution is 0.0597. The number of ether oxygens (including phenoxy) is 1. The molecule has 1 amide bonds. The van der Waals surface area contributed by atoms with Crippen LogP contribution in [-0.4, -0.2) is 19.0 Å². The van der Waals surface area contributed by atoms with Crippen molar-refractivity contribution in [3.05, 3.63) is 64.7 Å². The third-order valence-electron chi connectivity index (χ3n) is 2.66. The lowest BCUT2D eigenvalue weighted by Gasteiger charge is -2.09. The number of carbonyl (C=O) groups is 2. The second kappa shape index (κ2) is 6.21. The standard InChI is InChI=1S/C15H12ClNO3/c1-20-15(19)13-8-3-2-7-12(13)14(18)17-11-6-4-5-10(16)9-11/h2-9H,1H3,(H,17,18). The van der Waals surface area contributed by atoms with Crippen molar-refractivity contribution in [3.8, 4) is 0 Å². The van der Waals surface area contributed by atoms with Gasteiger partial charge in [0.25, 0.3) is 5.91 Å². The molecule has 0 aliphatic carbocycles. The van der Waals surface area contributed by atoms with Gasteiger partial charge in [0, 0.05) is 10.7 Å². The highest BCUT2D eigenvalue weighted by Gasteiger charge is 2.16. The van der Waals surface area contributed by atoms with Crippen molar-refractivity contribution >= 4 is 29.2 Å². The van der Waals surface area contributed by atoms with Crippen LogP contribution in [0, 0.1) is 0 Å². The predicted molar refractivity (Wildman–Crippen MR) is 77.2 cm³/mol. The van der Waals surface area contributed by atoms with Gasteiger partial charge in [-0.1, -0.05) is 29.8 Å². The Bertz CT molecular complexity index is 655. The van der Waals surface area contributed by atoms with Gasteiger partial charge < -0.3 is 10.1 Å². The number of benzene rings is 2. The number of rotatable bonds is 3. The predicted octanol–water partition coefficient (Wildman–Crippen LogP) is 3.38. The average molecular weight is 290 g/mol. The highest BCUT2D eigenvalue weighted by Crippen LogP contribution is 2.17. The van der Waals surface area contributed by atoms with E-state index in [0.717, 1.165) is 0 Å². The summed E-state index contributed by atoms with van der Waals surface area (Å²) in [6, 6.07) is 13.2. The van der Waals surface area contributed by atoms with Crippen LogP contribution in [0.3, 0.4) is 0 Å². The van der Waals surface area contributed by atoms with Gasteiger partial charge in [0.05, 0.1) is 18.2 Å². The Morgan fingerprint density at radius 3 is 2.40 bits per heavy atom. The van der Waals surface area contributed by atoms with Crippen molar-refractivity contribution in [2.24, 2.45) is 0 Å². The summed E-state index contributed by atoms with van der Waals surface area (Å²) < 4.78 is 4.66. The topological polar surface area (TPSA) is 55.4 Å². The lowest BCUT2D eigenvalue weighted by atomic mass is 10.1. The molecular weight excluding hydrogens is 278 g/mol. The maximum Gasteiger partial charge on any atom is 0.338 e. The molecule has 0 heterocycles. The summed E-state index contributed by atoms with van der Waals surface area (Å²) in [6.07, 6.45) is 0. The molecule has 5 heteroatoms. The molecule has 2 rings (SSSR count). The maximum atomic E-state index is 12.2. The molecule has 0 aliphatic rings. The number of methoxy groups -OCH3 is 1. The van der Waals surface area contributed by atoms with Crippen LogP contribution in [-0.2, 0) is 4.74 Å². The van der Waals surface area contributed by atoms with E-state index >= 15 is 0 Å². The Morgan fingerprint density at radius 2 is 1.75 bits per heavy atom. The summed E-state index contributed by atoms with van der Waals surface area (Å²) in [7, 11) is 1.27. The summed E-state index contributed by atoms with van der Waals surface area (Å²) in [5.74, 6) is -0.949. The Kier molecular flexibility index (Phi) is 4.38.